The second-order valence-electron chi connectivity index (χ2n) is 2.51. The molecule has 0 heterocycles. The molecule has 14 heteroatoms. The molecule has 8 nitrogen and oxygen atoms in total. The third kappa shape index (κ3) is 13.8. The van der Waals surface area contributed by atoms with Gasteiger partial charge in [0, 0.05) is 7.11 Å². The van der Waals surface area contributed by atoms with E-state index in [1.54, 1.807) is 10.6 Å². The van der Waals surface area contributed by atoms with Gasteiger partial charge >= 0.3 is 6.03 Å². The van der Waals surface area contributed by atoms with Gasteiger partial charge < -0.3 is 37.6 Å². The number of alkyl halides is 6. The van der Waals surface area contributed by atoms with Crippen LogP contribution in [0.5, 0.6) is 0 Å². The molecule has 10 N–H and O–H groups in total. The van der Waals surface area contributed by atoms with Gasteiger partial charge in [0.1, 0.15) is 0 Å². The van der Waals surface area contributed by atoms with Crippen LogP contribution in [0.3, 0.4) is 0 Å². The van der Waals surface area contributed by atoms with Crippen LogP contribution >= 0.6 is 69.6 Å². The second-order valence-corrected chi connectivity index (χ2v) is 7.24. The van der Waals surface area contributed by atoms with Gasteiger partial charge in [0.15, 0.2) is 12.5 Å². The molecule has 0 fully saturated rings. The summed E-state index contributed by atoms with van der Waals surface area (Å²) in [6.07, 6.45) is -3.58. The Morgan fingerprint density at radius 2 is 1.10 bits per heavy atom. The highest BCUT2D eigenvalue weighted by Gasteiger charge is 2.35. The summed E-state index contributed by atoms with van der Waals surface area (Å²) >= 11 is 31.5. The zero-order valence-corrected chi connectivity index (χ0v) is 14.7. The third-order valence-corrected chi connectivity index (χ3v) is 2.40. The van der Waals surface area contributed by atoms with E-state index in [1.165, 1.54) is 0 Å². The fourth-order valence-corrected chi connectivity index (χ4v) is 0.781. The van der Waals surface area contributed by atoms with E-state index in [2.05, 4.69) is 0 Å². The quantitative estimate of drug-likeness (QED) is 0.292. The Bertz CT molecular complexity index is 236. The maximum absolute atomic E-state index is 11.1. The topological polar surface area (TPSA) is 168 Å². The van der Waals surface area contributed by atoms with Gasteiger partial charge in [-0.15, -0.1) is 0 Å². The summed E-state index contributed by atoms with van der Waals surface area (Å²) < 4.78 is -4.25. The minimum atomic E-state index is -2.12. The van der Waals surface area contributed by atoms with Crippen LogP contribution in [0.2, 0.25) is 0 Å². The van der Waals surface area contributed by atoms with Gasteiger partial charge in [-0.2, -0.15) is 0 Å². The van der Waals surface area contributed by atoms with Crippen molar-refractivity contribution in [2.24, 2.45) is 0 Å². The lowest BCUT2D eigenvalue weighted by Crippen LogP contribution is -2.53. The lowest BCUT2D eigenvalue weighted by molar-refractivity contribution is 0.120. The lowest BCUT2D eigenvalue weighted by Gasteiger charge is -2.23. The summed E-state index contributed by atoms with van der Waals surface area (Å²) in [5.74, 6) is 0. The fourth-order valence-electron chi connectivity index (χ4n) is 0.454. The van der Waals surface area contributed by atoms with E-state index in [0.29, 0.717) is 0 Å². The van der Waals surface area contributed by atoms with Gasteiger partial charge in [0.25, 0.3) is 0 Å². The number of carbonyl (C=O) groups is 1. The summed E-state index contributed by atoms with van der Waals surface area (Å²) in [5, 5.41) is 28.8. The van der Waals surface area contributed by atoms with Gasteiger partial charge in [0.2, 0.25) is 7.59 Å². The number of halogens is 6. The number of hydrogen-bond acceptors (Lipinski definition) is 5. The molecule has 2 atom stereocenters. The number of urea groups is 1. The van der Waals surface area contributed by atoms with Gasteiger partial charge in [0.05, 0.1) is 0 Å². The van der Waals surface area contributed by atoms with Crippen LogP contribution in [0.25, 0.3) is 0 Å². The Morgan fingerprint density at radius 1 is 0.900 bits per heavy atom. The Morgan fingerprint density at radius 3 is 1.25 bits per heavy atom. The zero-order chi connectivity index (χ0) is 15.1. The molecule has 20 heavy (non-hydrogen) atoms. The molecule has 0 saturated carbocycles. The molecule has 0 aromatic carbocycles. The smallest absolute Gasteiger partial charge is 0.319 e. The first-order chi connectivity index (χ1) is 7.94. The highest BCUT2D eigenvalue weighted by atomic mass is 35.6. The van der Waals surface area contributed by atoms with E-state index < -0.39 is 26.1 Å². The minimum absolute atomic E-state index is 0. The van der Waals surface area contributed by atoms with Crippen LogP contribution in [0, 0.1) is 0 Å². The minimum Gasteiger partial charge on any atom is -0.870 e. The van der Waals surface area contributed by atoms with Crippen LogP contribution in [-0.4, -0.2) is 54.0 Å². The molecule has 2 unspecified atom stereocenters. The average Bonchev–Trinajstić information content (AvgIpc) is 2.17. The van der Waals surface area contributed by atoms with Crippen molar-refractivity contribution in [2.75, 3.05) is 7.11 Å². The molecule has 0 aromatic heterocycles. The van der Waals surface area contributed by atoms with Crippen molar-refractivity contribution in [3.05, 3.63) is 0 Å². The van der Waals surface area contributed by atoms with E-state index in [9.17, 15) is 4.79 Å². The molecule has 0 bridgehead atoms. The highest BCUT2D eigenvalue weighted by molar-refractivity contribution is 6.68. The van der Waals surface area contributed by atoms with Crippen LogP contribution in [0.15, 0.2) is 0 Å². The van der Waals surface area contributed by atoms with Crippen LogP contribution < -0.4 is 16.8 Å². The number of carbonyl (C=O) groups excluding carboxylic acids is 1. The SMILES string of the molecule is CO.O=C(NC(O)C(Cl)(Cl)Cl)NC(O)C(Cl)(Cl)Cl.[NH4+].[OH-]. The first kappa shape index (κ1) is 28.9. The van der Waals surface area contributed by atoms with E-state index in [1.807, 2.05) is 0 Å². The van der Waals surface area contributed by atoms with E-state index in [-0.39, 0.29) is 11.6 Å². The van der Waals surface area contributed by atoms with Gasteiger partial charge in [-0.05, 0) is 0 Å². The number of hydrogen-bond donors (Lipinski definition) is 6. The second kappa shape index (κ2) is 12.4. The summed E-state index contributed by atoms with van der Waals surface area (Å²) in [7, 11) is 1.00. The van der Waals surface area contributed by atoms with Crippen molar-refractivity contribution >= 4 is 75.6 Å². The largest absolute Gasteiger partial charge is 0.870 e. The summed E-state index contributed by atoms with van der Waals surface area (Å²) in [6, 6.07) is -1.09. The predicted octanol–water partition coefficient (Wildman–Crippen LogP) is 1.47. The van der Waals surface area contributed by atoms with E-state index in [4.69, 9.17) is 84.9 Å². The highest BCUT2D eigenvalue weighted by Crippen LogP contribution is 2.30. The van der Waals surface area contributed by atoms with Crippen LogP contribution in [-0.2, 0) is 0 Å². The molecule has 0 aliphatic carbocycles. The molecule has 0 aliphatic rings. The summed E-state index contributed by atoms with van der Waals surface area (Å²) in [5.41, 5.74) is 0. The van der Waals surface area contributed by atoms with Crippen LogP contribution in [0.1, 0.15) is 0 Å². The number of quaternary nitrogens is 1. The normalized spacial score (nSPS) is 13.5. The zero-order valence-electron chi connectivity index (χ0n) is 10.1. The molecule has 0 saturated heterocycles. The van der Waals surface area contributed by atoms with Gasteiger partial charge in [-0.25, -0.2) is 4.79 Å². The lowest BCUT2D eigenvalue weighted by atomic mass is 10.6. The Labute approximate surface area is 145 Å². The number of aliphatic hydroxyl groups is 3. The van der Waals surface area contributed by atoms with E-state index >= 15 is 0 Å². The molecular formula is C6H15Cl6N3O5. The molecular weight excluding hydrogens is 407 g/mol. The molecule has 0 rings (SSSR count). The van der Waals surface area contributed by atoms with Crippen molar-refractivity contribution in [1.82, 2.24) is 16.8 Å². The summed E-state index contributed by atoms with van der Waals surface area (Å²) in [4.78, 5) is 11.1. The monoisotopic (exact) mass is 419 g/mol. The van der Waals surface area contributed by atoms with E-state index in [0.717, 1.165) is 7.11 Å². The molecule has 0 aliphatic heterocycles. The summed E-state index contributed by atoms with van der Waals surface area (Å²) in [6.45, 7) is 0. The number of amides is 2. The standard InChI is InChI=1S/C5H6Cl6N2O3.CH4O.H3N.H2O/c6-4(7,8)1(14)12-3(16)13-2(15)5(9,10)11;1-2;;/h1-2,14-15H,(H2,12,13,16);2H,1H3;1H3;1H2. The Kier molecular flexibility index (Phi) is 17.9. The van der Waals surface area contributed by atoms with Crippen molar-refractivity contribution in [2.45, 2.75) is 20.0 Å². The van der Waals surface area contributed by atoms with Crippen molar-refractivity contribution in [3.63, 3.8) is 0 Å². The van der Waals surface area contributed by atoms with Crippen molar-refractivity contribution in [1.29, 1.82) is 0 Å². The van der Waals surface area contributed by atoms with Gasteiger partial charge in [-0.1, -0.05) is 69.6 Å². The fraction of sp³-hybridized carbons (Fsp3) is 0.833. The Hall–Kier alpha value is 0.810. The first-order valence-corrected chi connectivity index (χ1v) is 6.22. The molecule has 0 radical (unpaired) electrons. The number of aliphatic hydroxyl groups excluding tert-OH is 3. The van der Waals surface area contributed by atoms with Crippen molar-refractivity contribution in [3.8, 4) is 0 Å². The van der Waals surface area contributed by atoms with Crippen LogP contribution in [0.4, 0.5) is 4.79 Å². The number of nitrogens with one attached hydrogen (secondary N) is 2. The molecule has 126 valence electrons. The van der Waals surface area contributed by atoms with Crippen molar-refractivity contribution < 1.29 is 25.6 Å². The first-order valence-electron chi connectivity index (χ1n) is 3.96. The predicted molar refractivity (Wildman–Crippen MR) is 80.3 cm³/mol. The van der Waals surface area contributed by atoms with Gasteiger partial charge in [-0.3, -0.25) is 0 Å². The molecule has 0 aromatic rings. The molecule has 2 amide bonds. The Balaban J connectivity index is -0.000000304. The number of rotatable bonds is 2. The third-order valence-electron chi connectivity index (χ3n) is 1.16. The maximum Gasteiger partial charge on any atom is 0.319 e. The maximum atomic E-state index is 11.1. The average molecular weight is 422 g/mol. The molecule has 0 spiro atoms.